The maximum absolute atomic E-state index is 5.80. The van der Waals surface area contributed by atoms with Gasteiger partial charge in [0.1, 0.15) is 17.7 Å². The number of ether oxygens (including phenoxy) is 2. The summed E-state index contributed by atoms with van der Waals surface area (Å²) in [7, 11) is 3.37. The van der Waals surface area contributed by atoms with Crippen LogP contribution < -0.4 is 14.8 Å². The Morgan fingerprint density at radius 2 is 1.53 bits per heavy atom. The molecule has 1 atom stereocenters. The summed E-state index contributed by atoms with van der Waals surface area (Å²) in [6.45, 7) is 0.707. The fourth-order valence-electron chi connectivity index (χ4n) is 5.65. The van der Waals surface area contributed by atoms with Gasteiger partial charge in [-0.05, 0) is 41.7 Å². The van der Waals surface area contributed by atoms with E-state index in [1.54, 1.807) is 14.2 Å². The molecule has 0 spiro atoms. The molecule has 218 valence electrons. The number of fused-ring (bicyclic) bond motifs is 1. The number of para-hydroxylation sites is 1. The first-order valence-corrected chi connectivity index (χ1v) is 14.7. The number of aromatic amines is 1. The van der Waals surface area contributed by atoms with Crippen molar-refractivity contribution in [1.29, 1.82) is 0 Å². The van der Waals surface area contributed by atoms with E-state index in [0.717, 1.165) is 53.2 Å². The van der Waals surface area contributed by atoms with E-state index >= 15 is 0 Å². The highest BCUT2D eigenvalue weighted by Gasteiger charge is 2.23. The molecule has 0 radical (unpaired) electrons. The van der Waals surface area contributed by atoms with Crippen molar-refractivity contribution >= 4 is 10.9 Å². The first kappa shape index (κ1) is 28.2. The zero-order valence-electron chi connectivity index (χ0n) is 24.7. The highest BCUT2D eigenvalue weighted by Crippen LogP contribution is 2.29. The topological polar surface area (TPSA) is 77.0 Å². The molecule has 0 amide bonds. The maximum atomic E-state index is 5.80. The number of aryl methyl sites for hydroxylation is 2. The molecule has 4 aromatic carbocycles. The van der Waals surface area contributed by atoms with Crippen LogP contribution in [0.5, 0.6) is 11.5 Å². The number of methoxy groups -OCH3 is 2. The van der Waals surface area contributed by atoms with Crippen LogP contribution in [-0.2, 0) is 32.2 Å². The molecule has 2 N–H and O–H groups in total. The molecule has 0 saturated carbocycles. The molecule has 0 saturated heterocycles. The Labute approximate surface area is 252 Å². The third kappa shape index (κ3) is 6.63. The predicted octanol–water partition coefficient (Wildman–Crippen LogP) is 6.68. The second-order valence-electron chi connectivity index (χ2n) is 10.7. The number of rotatable bonds is 13. The number of nitrogens with zero attached hydrogens (tertiary/aromatic N) is 3. The standard InChI is InChI=1S/C36H37N5O2/c1-42-30-19-18-28(35(23-30)43-2)21-34-33(20-17-26-11-5-3-6-12-26)39-40-41(34)36(38-24-27-13-7-4-8-14-27)22-29-25-37-32-16-10-9-15-31(29)32/h3-16,18-19,23,25,36-38H,17,20-22,24H2,1-2H3. The summed E-state index contributed by atoms with van der Waals surface area (Å²) < 4.78 is 13.4. The molecule has 7 heteroatoms. The number of nitrogens with one attached hydrogen (secondary N) is 2. The van der Waals surface area contributed by atoms with Crippen molar-refractivity contribution in [3.05, 3.63) is 143 Å². The second kappa shape index (κ2) is 13.4. The largest absolute Gasteiger partial charge is 0.497 e. The van der Waals surface area contributed by atoms with E-state index in [1.165, 1.54) is 22.1 Å². The third-order valence-corrected chi connectivity index (χ3v) is 7.98. The molecule has 0 aliphatic heterocycles. The monoisotopic (exact) mass is 571 g/mol. The highest BCUT2D eigenvalue weighted by atomic mass is 16.5. The van der Waals surface area contributed by atoms with Crippen LogP contribution in [-0.4, -0.2) is 34.2 Å². The lowest BCUT2D eigenvalue weighted by Gasteiger charge is -2.22. The van der Waals surface area contributed by atoms with Gasteiger partial charge in [0, 0.05) is 48.1 Å². The van der Waals surface area contributed by atoms with Crippen LogP contribution in [0, 0.1) is 0 Å². The summed E-state index contributed by atoms with van der Waals surface area (Å²) in [6, 6.07) is 35.4. The first-order valence-electron chi connectivity index (χ1n) is 14.7. The summed E-state index contributed by atoms with van der Waals surface area (Å²) in [5.41, 5.74) is 7.98. The molecule has 1 unspecified atom stereocenters. The average Bonchev–Trinajstić information content (AvgIpc) is 3.66. The number of hydrogen-bond acceptors (Lipinski definition) is 5. The van der Waals surface area contributed by atoms with Crippen molar-refractivity contribution in [2.24, 2.45) is 0 Å². The Kier molecular flexibility index (Phi) is 8.80. The van der Waals surface area contributed by atoms with Gasteiger partial charge in [-0.2, -0.15) is 0 Å². The SMILES string of the molecule is COc1ccc(Cc2c(CCc3ccccc3)nnn2C(Cc2c[nH]c3ccccc23)NCc2ccccc2)c(OC)c1. The normalized spacial score (nSPS) is 12.0. The molecule has 0 fully saturated rings. The van der Waals surface area contributed by atoms with Gasteiger partial charge < -0.3 is 14.5 Å². The van der Waals surface area contributed by atoms with Gasteiger partial charge >= 0.3 is 0 Å². The Balaban J connectivity index is 1.39. The van der Waals surface area contributed by atoms with E-state index in [4.69, 9.17) is 19.8 Å². The van der Waals surface area contributed by atoms with Crippen LogP contribution in [0.4, 0.5) is 0 Å². The van der Waals surface area contributed by atoms with Crippen LogP contribution in [0.2, 0.25) is 0 Å². The van der Waals surface area contributed by atoms with Gasteiger partial charge in [-0.1, -0.05) is 90.1 Å². The zero-order chi connectivity index (χ0) is 29.4. The summed E-state index contributed by atoms with van der Waals surface area (Å²) >= 11 is 0. The smallest absolute Gasteiger partial charge is 0.126 e. The van der Waals surface area contributed by atoms with Crippen LogP contribution in [0.25, 0.3) is 10.9 Å². The minimum Gasteiger partial charge on any atom is -0.497 e. The fourth-order valence-corrected chi connectivity index (χ4v) is 5.65. The van der Waals surface area contributed by atoms with Gasteiger partial charge in [0.25, 0.3) is 0 Å². The maximum Gasteiger partial charge on any atom is 0.126 e. The van der Waals surface area contributed by atoms with Gasteiger partial charge in [0.2, 0.25) is 0 Å². The average molecular weight is 572 g/mol. The van der Waals surface area contributed by atoms with E-state index in [9.17, 15) is 0 Å². The van der Waals surface area contributed by atoms with Crippen LogP contribution in [0.15, 0.2) is 109 Å². The van der Waals surface area contributed by atoms with Crippen molar-refractivity contribution in [3.8, 4) is 11.5 Å². The van der Waals surface area contributed by atoms with E-state index in [-0.39, 0.29) is 6.17 Å². The fraction of sp³-hybridized carbons (Fsp3) is 0.222. The van der Waals surface area contributed by atoms with Crippen molar-refractivity contribution < 1.29 is 9.47 Å². The molecule has 6 aromatic rings. The number of H-pyrrole nitrogens is 1. The molecule has 0 aliphatic rings. The molecule has 7 nitrogen and oxygen atoms in total. The number of benzene rings is 4. The Morgan fingerprint density at radius 1 is 0.791 bits per heavy atom. The predicted molar refractivity (Wildman–Crippen MR) is 171 cm³/mol. The molecular formula is C36H37N5O2. The highest BCUT2D eigenvalue weighted by molar-refractivity contribution is 5.83. The molecule has 0 aliphatic carbocycles. The van der Waals surface area contributed by atoms with Gasteiger partial charge in [-0.3, -0.25) is 5.32 Å². The van der Waals surface area contributed by atoms with E-state index in [1.807, 2.05) is 18.2 Å². The van der Waals surface area contributed by atoms with E-state index in [2.05, 4.69) is 106 Å². The Hall–Kier alpha value is -4.88. The Morgan fingerprint density at radius 3 is 2.30 bits per heavy atom. The summed E-state index contributed by atoms with van der Waals surface area (Å²) in [4.78, 5) is 3.44. The lowest BCUT2D eigenvalue weighted by Crippen LogP contribution is -2.30. The summed E-state index contributed by atoms with van der Waals surface area (Å²) in [6.07, 6.45) is 5.03. The minimum absolute atomic E-state index is 0.128. The van der Waals surface area contributed by atoms with Crippen molar-refractivity contribution in [2.75, 3.05) is 14.2 Å². The molecule has 6 rings (SSSR count). The van der Waals surface area contributed by atoms with E-state index < -0.39 is 0 Å². The van der Waals surface area contributed by atoms with Crippen LogP contribution in [0.1, 0.15) is 39.8 Å². The van der Waals surface area contributed by atoms with Gasteiger partial charge in [0.15, 0.2) is 0 Å². The molecule has 43 heavy (non-hydrogen) atoms. The van der Waals surface area contributed by atoms with E-state index in [0.29, 0.717) is 13.0 Å². The second-order valence-corrected chi connectivity index (χ2v) is 10.7. The van der Waals surface area contributed by atoms with Gasteiger partial charge in [-0.25, -0.2) is 4.68 Å². The summed E-state index contributed by atoms with van der Waals surface area (Å²) in [5.74, 6) is 1.55. The van der Waals surface area contributed by atoms with Crippen LogP contribution in [0.3, 0.4) is 0 Å². The lowest BCUT2D eigenvalue weighted by molar-refractivity contribution is 0.350. The molecular weight excluding hydrogens is 534 g/mol. The van der Waals surface area contributed by atoms with Crippen molar-refractivity contribution in [3.63, 3.8) is 0 Å². The van der Waals surface area contributed by atoms with Gasteiger partial charge in [-0.15, -0.1) is 5.10 Å². The lowest BCUT2D eigenvalue weighted by atomic mass is 10.0. The summed E-state index contributed by atoms with van der Waals surface area (Å²) in [5, 5.41) is 14.6. The quantitative estimate of drug-likeness (QED) is 0.162. The third-order valence-electron chi connectivity index (χ3n) is 7.98. The molecule has 2 aromatic heterocycles. The molecule has 0 bridgehead atoms. The zero-order valence-corrected chi connectivity index (χ0v) is 24.7. The minimum atomic E-state index is -0.128. The van der Waals surface area contributed by atoms with Crippen molar-refractivity contribution in [2.45, 2.75) is 38.4 Å². The Bertz CT molecular complexity index is 1760. The van der Waals surface area contributed by atoms with Crippen LogP contribution >= 0.6 is 0 Å². The molecule has 2 heterocycles. The number of aromatic nitrogens is 4. The first-order chi connectivity index (χ1) is 21.2. The van der Waals surface area contributed by atoms with Crippen molar-refractivity contribution in [1.82, 2.24) is 25.3 Å². The number of hydrogen-bond donors (Lipinski definition) is 2. The van der Waals surface area contributed by atoms with Gasteiger partial charge in [0.05, 0.1) is 25.6 Å².